The molecule has 0 aromatic carbocycles. The second kappa shape index (κ2) is 7.89. The van der Waals surface area contributed by atoms with E-state index >= 15 is 0 Å². The van der Waals surface area contributed by atoms with Gasteiger partial charge in [0.25, 0.3) is 0 Å². The quantitative estimate of drug-likeness (QED) is 0.548. The van der Waals surface area contributed by atoms with Crippen LogP contribution in [0.15, 0.2) is 47.5 Å². The van der Waals surface area contributed by atoms with E-state index in [1.165, 1.54) is 23.8 Å². The molecule has 1 fully saturated rings. The topological polar surface area (TPSA) is 111 Å². The van der Waals surface area contributed by atoms with Gasteiger partial charge >= 0.3 is 5.97 Å². The Morgan fingerprint density at radius 2 is 1.93 bits per heavy atom. The summed E-state index contributed by atoms with van der Waals surface area (Å²) in [5.74, 6) is 0.750. The van der Waals surface area contributed by atoms with Gasteiger partial charge in [-0.1, -0.05) is 0 Å². The molecule has 0 bridgehead atoms. The predicted octanol–water partition coefficient (Wildman–Crippen LogP) is 1.02. The normalized spacial score (nSPS) is 15.4. The summed E-state index contributed by atoms with van der Waals surface area (Å²) in [5.41, 5.74) is 0. The van der Waals surface area contributed by atoms with Gasteiger partial charge in [0.05, 0.1) is 7.11 Å². The third-order valence-electron chi connectivity index (χ3n) is 4.59. The van der Waals surface area contributed by atoms with E-state index in [9.17, 15) is 13.2 Å². The summed E-state index contributed by atoms with van der Waals surface area (Å²) in [6, 6.07) is 3.28. The Balaban J connectivity index is 1.49. The first kappa shape index (κ1) is 19.5. The van der Waals surface area contributed by atoms with Crippen LogP contribution in [0.25, 0.3) is 5.82 Å². The summed E-state index contributed by atoms with van der Waals surface area (Å²) in [4.78, 5) is 26.5. The van der Waals surface area contributed by atoms with Crippen LogP contribution in [0.2, 0.25) is 0 Å². The Morgan fingerprint density at radius 3 is 2.62 bits per heavy atom. The average molecular weight is 435 g/mol. The molecule has 152 valence electrons. The number of piperazine rings is 1. The van der Waals surface area contributed by atoms with Crippen molar-refractivity contribution < 1.29 is 17.9 Å². The SMILES string of the molecule is COC(=O)c1sccc1S(=O)(=O)N1CCN(c2cc(-n3ccnc3)ncn2)CC1. The second-order valence-electron chi connectivity index (χ2n) is 6.20. The Hall–Kier alpha value is -2.83. The maximum absolute atomic E-state index is 13.0. The summed E-state index contributed by atoms with van der Waals surface area (Å²) >= 11 is 1.06. The molecule has 0 spiro atoms. The van der Waals surface area contributed by atoms with E-state index in [4.69, 9.17) is 4.74 Å². The molecule has 0 unspecified atom stereocenters. The summed E-state index contributed by atoms with van der Waals surface area (Å²) < 4.78 is 33.9. The number of sulfonamides is 1. The van der Waals surface area contributed by atoms with E-state index in [2.05, 4.69) is 15.0 Å². The van der Waals surface area contributed by atoms with Gasteiger partial charge in [0.1, 0.15) is 34.1 Å². The first-order valence-corrected chi connectivity index (χ1v) is 11.0. The van der Waals surface area contributed by atoms with Crippen LogP contribution < -0.4 is 4.90 Å². The maximum atomic E-state index is 13.0. The number of methoxy groups -OCH3 is 1. The molecule has 0 N–H and O–H groups in total. The van der Waals surface area contributed by atoms with Crippen molar-refractivity contribution in [1.29, 1.82) is 0 Å². The van der Waals surface area contributed by atoms with Crippen LogP contribution in [0, 0.1) is 0 Å². The molecule has 3 aromatic heterocycles. The third kappa shape index (κ3) is 3.73. The number of carbonyl (C=O) groups excluding carboxylic acids is 1. The number of nitrogens with zero attached hydrogens (tertiary/aromatic N) is 6. The number of esters is 1. The highest BCUT2D eigenvalue weighted by atomic mass is 32.2. The summed E-state index contributed by atoms with van der Waals surface area (Å²) in [7, 11) is -2.55. The number of hydrogen-bond acceptors (Lipinski definition) is 9. The van der Waals surface area contributed by atoms with Crippen molar-refractivity contribution >= 4 is 33.1 Å². The van der Waals surface area contributed by atoms with Crippen LogP contribution in [0.4, 0.5) is 5.82 Å². The fourth-order valence-electron chi connectivity index (χ4n) is 3.08. The number of rotatable bonds is 5. The molecular weight excluding hydrogens is 416 g/mol. The van der Waals surface area contributed by atoms with Gasteiger partial charge in [-0.25, -0.2) is 28.2 Å². The molecular formula is C17H18N6O4S2. The van der Waals surface area contributed by atoms with Gasteiger partial charge in [-0.05, 0) is 11.4 Å². The number of hydrogen-bond donors (Lipinski definition) is 0. The number of aromatic nitrogens is 4. The predicted molar refractivity (Wildman–Crippen MR) is 106 cm³/mol. The molecule has 0 saturated carbocycles. The Morgan fingerprint density at radius 1 is 1.17 bits per heavy atom. The zero-order valence-corrected chi connectivity index (χ0v) is 17.1. The molecule has 0 atom stereocenters. The van der Waals surface area contributed by atoms with Gasteiger partial charge in [-0.2, -0.15) is 4.31 Å². The highest BCUT2D eigenvalue weighted by Crippen LogP contribution is 2.27. The molecule has 0 amide bonds. The Labute approximate surface area is 171 Å². The van der Waals surface area contributed by atoms with Crippen LogP contribution in [-0.4, -0.2) is 71.5 Å². The first-order chi connectivity index (χ1) is 14.0. The van der Waals surface area contributed by atoms with Gasteiger partial charge in [0.15, 0.2) is 0 Å². The lowest BCUT2D eigenvalue weighted by molar-refractivity contribution is 0.0602. The van der Waals surface area contributed by atoms with Crippen molar-refractivity contribution in [3.63, 3.8) is 0 Å². The smallest absolute Gasteiger partial charge is 0.349 e. The van der Waals surface area contributed by atoms with Crippen LogP contribution in [0.3, 0.4) is 0 Å². The molecule has 12 heteroatoms. The van der Waals surface area contributed by atoms with Gasteiger partial charge in [0.2, 0.25) is 10.0 Å². The number of imidazole rings is 1. The second-order valence-corrected chi connectivity index (χ2v) is 9.02. The van der Waals surface area contributed by atoms with E-state index in [0.717, 1.165) is 11.3 Å². The molecule has 29 heavy (non-hydrogen) atoms. The van der Waals surface area contributed by atoms with Crippen molar-refractivity contribution in [2.75, 3.05) is 38.2 Å². The van der Waals surface area contributed by atoms with Gasteiger partial charge in [0, 0.05) is 44.6 Å². The van der Waals surface area contributed by atoms with Crippen LogP contribution >= 0.6 is 11.3 Å². The number of thiophene rings is 1. The van der Waals surface area contributed by atoms with Gasteiger partial charge in [-0.15, -0.1) is 11.3 Å². The van der Waals surface area contributed by atoms with E-state index in [1.807, 2.05) is 11.0 Å². The molecule has 3 aromatic rings. The third-order valence-corrected chi connectivity index (χ3v) is 7.55. The van der Waals surface area contributed by atoms with Crippen molar-refractivity contribution in [2.24, 2.45) is 0 Å². The Kier molecular flexibility index (Phi) is 5.30. The molecule has 4 rings (SSSR count). The molecule has 10 nitrogen and oxygen atoms in total. The minimum atomic E-state index is -3.78. The number of ether oxygens (including phenoxy) is 1. The molecule has 4 heterocycles. The number of carbonyl (C=O) groups is 1. The van der Waals surface area contributed by atoms with E-state index < -0.39 is 16.0 Å². The van der Waals surface area contributed by atoms with E-state index in [-0.39, 0.29) is 22.9 Å². The summed E-state index contributed by atoms with van der Waals surface area (Å²) in [6.07, 6.45) is 6.58. The highest BCUT2D eigenvalue weighted by molar-refractivity contribution is 7.89. The monoisotopic (exact) mass is 434 g/mol. The summed E-state index contributed by atoms with van der Waals surface area (Å²) in [5, 5.41) is 1.58. The van der Waals surface area contributed by atoms with Crippen molar-refractivity contribution in [1.82, 2.24) is 23.8 Å². The molecule has 1 aliphatic rings. The maximum Gasteiger partial charge on any atom is 0.349 e. The van der Waals surface area contributed by atoms with Crippen LogP contribution in [0.5, 0.6) is 0 Å². The van der Waals surface area contributed by atoms with Crippen molar-refractivity contribution in [3.05, 3.63) is 47.4 Å². The molecule has 0 radical (unpaired) electrons. The minimum Gasteiger partial charge on any atom is -0.465 e. The fraction of sp³-hybridized carbons (Fsp3) is 0.294. The lowest BCUT2D eigenvalue weighted by atomic mass is 10.3. The van der Waals surface area contributed by atoms with E-state index in [1.54, 1.807) is 28.7 Å². The summed E-state index contributed by atoms with van der Waals surface area (Å²) in [6.45, 7) is 1.50. The average Bonchev–Trinajstić information content (AvgIpc) is 3.46. The first-order valence-electron chi connectivity index (χ1n) is 8.72. The minimum absolute atomic E-state index is 0.00719. The van der Waals surface area contributed by atoms with Crippen molar-refractivity contribution in [2.45, 2.75) is 4.90 Å². The van der Waals surface area contributed by atoms with E-state index in [0.29, 0.717) is 24.7 Å². The lowest BCUT2D eigenvalue weighted by Gasteiger charge is -2.34. The molecule has 1 saturated heterocycles. The van der Waals surface area contributed by atoms with Crippen molar-refractivity contribution in [3.8, 4) is 5.82 Å². The number of anilines is 1. The van der Waals surface area contributed by atoms with Crippen LogP contribution in [0.1, 0.15) is 9.67 Å². The zero-order valence-electron chi connectivity index (χ0n) is 15.5. The fourth-order valence-corrected chi connectivity index (χ4v) is 5.81. The lowest BCUT2D eigenvalue weighted by Crippen LogP contribution is -2.49. The highest BCUT2D eigenvalue weighted by Gasteiger charge is 2.33. The largest absolute Gasteiger partial charge is 0.465 e. The standard InChI is InChI=1S/C17H18N6O4S2/c1-27-17(24)16-13(2-9-28-16)29(25,26)23-7-5-21(6-8-23)14-10-15(20-11-19-14)22-4-3-18-12-22/h2-4,9-12H,5-8H2,1H3. The van der Waals surface area contributed by atoms with Crippen LogP contribution in [-0.2, 0) is 14.8 Å². The molecule has 0 aliphatic carbocycles. The van der Waals surface area contributed by atoms with Gasteiger partial charge < -0.3 is 9.64 Å². The van der Waals surface area contributed by atoms with Gasteiger partial charge in [-0.3, -0.25) is 4.57 Å². The Bertz CT molecular complexity index is 1100. The zero-order chi connectivity index (χ0) is 20.4. The molecule has 1 aliphatic heterocycles.